The molecule has 1 aromatic heterocycles. The molecule has 4 rings (SSSR count). The summed E-state index contributed by atoms with van der Waals surface area (Å²) >= 11 is 0. The van der Waals surface area contributed by atoms with Gasteiger partial charge in [0.15, 0.2) is 0 Å². The molecule has 1 aliphatic heterocycles. The number of hydrogen-bond acceptors (Lipinski definition) is 4. The van der Waals surface area contributed by atoms with Crippen molar-refractivity contribution in [2.45, 2.75) is 45.7 Å². The molecule has 1 saturated heterocycles. The van der Waals surface area contributed by atoms with Gasteiger partial charge in [-0.25, -0.2) is 4.39 Å². The number of hydrogen-bond donors (Lipinski definition) is 1. The number of carbonyl (C=O) groups is 2. The van der Waals surface area contributed by atoms with Gasteiger partial charge in [-0.15, -0.1) is 0 Å². The fourth-order valence-electron chi connectivity index (χ4n) is 4.04. The number of rotatable bonds is 5. The molecule has 1 fully saturated rings. The minimum Gasteiger partial charge on any atom is -0.361 e. The lowest BCUT2D eigenvalue weighted by atomic mass is 10.0. The van der Waals surface area contributed by atoms with E-state index in [0.717, 1.165) is 28.1 Å². The zero-order valence-corrected chi connectivity index (χ0v) is 18.2. The van der Waals surface area contributed by atoms with E-state index in [0.29, 0.717) is 37.9 Å². The molecule has 166 valence electrons. The highest BCUT2D eigenvalue weighted by Gasteiger charge is 2.25. The van der Waals surface area contributed by atoms with Crippen LogP contribution in [0, 0.1) is 19.7 Å². The fraction of sp³-hybridized carbons (Fsp3) is 0.320. The molecule has 2 aromatic carbocycles. The molecule has 1 aliphatic rings. The van der Waals surface area contributed by atoms with E-state index in [4.69, 9.17) is 4.52 Å². The van der Waals surface area contributed by atoms with Gasteiger partial charge in [0.2, 0.25) is 5.91 Å². The van der Waals surface area contributed by atoms with E-state index in [1.807, 2.05) is 30.9 Å². The van der Waals surface area contributed by atoms with Crippen molar-refractivity contribution in [1.29, 1.82) is 0 Å². The van der Waals surface area contributed by atoms with Crippen molar-refractivity contribution in [1.82, 2.24) is 15.4 Å². The van der Waals surface area contributed by atoms with Crippen molar-refractivity contribution in [2.75, 3.05) is 6.54 Å². The Morgan fingerprint density at radius 1 is 1.16 bits per heavy atom. The molecule has 6 nitrogen and oxygen atoms in total. The van der Waals surface area contributed by atoms with Crippen LogP contribution in [-0.4, -0.2) is 34.5 Å². The summed E-state index contributed by atoms with van der Waals surface area (Å²) in [6.07, 6.45) is 1.63. The van der Waals surface area contributed by atoms with Gasteiger partial charge in [-0.3, -0.25) is 9.59 Å². The first kappa shape index (κ1) is 21.7. The van der Waals surface area contributed by atoms with Crippen molar-refractivity contribution in [3.63, 3.8) is 0 Å². The Kier molecular flexibility index (Phi) is 6.35. The average molecular weight is 435 g/mol. The Hall–Kier alpha value is -3.48. The quantitative estimate of drug-likeness (QED) is 0.644. The highest BCUT2D eigenvalue weighted by molar-refractivity contribution is 5.95. The molecule has 0 aliphatic carbocycles. The van der Waals surface area contributed by atoms with Gasteiger partial charge in [0.05, 0.1) is 12.2 Å². The van der Waals surface area contributed by atoms with Crippen LogP contribution < -0.4 is 5.32 Å². The highest BCUT2D eigenvalue weighted by Crippen LogP contribution is 2.22. The second-order valence-corrected chi connectivity index (χ2v) is 8.21. The lowest BCUT2D eigenvalue weighted by Gasteiger charge is -2.21. The van der Waals surface area contributed by atoms with Crippen LogP contribution in [0.1, 0.15) is 46.6 Å². The smallest absolute Gasteiger partial charge is 0.251 e. The van der Waals surface area contributed by atoms with Crippen LogP contribution in [0.15, 0.2) is 53.1 Å². The number of amides is 2. The van der Waals surface area contributed by atoms with Crippen LogP contribution in [0.4, 0.5) is 4.39 Å². The maximum absolute atomic E-state index is 13.6. The van der Waals surface area contributed by atoms with Crippen molar-refractivity contribution in [3.05, 3.63) is 76.9 Å². The van der Waals surface area contributed by atoms with Gasteiger partial charge in [-0.05, 0) is 62.1 Å². The molecule has 1 unspecified atom stereocenters. The molecule has 0 saturated carbocycles. The van der Waals surface area contributed by atoms with Crippen LogP contribution in [0.2, 0.25) is 0 Å². The third kappa shape index (κ3) is 4.88. The van der Waals surface area contributed by atoms with E-state index in [1.54, 1.807) is 24.3 Å². The Labute approximate surface area is 186 Å². The van der Waals surface area contributed by atoms with E-state index in [9.17, 15) is 14.0 Å². The number of benzene rings is 2. The van der Waals surface area contributed by atoms with Crippen LogP contribution >= 0.6 is 0 Å². The van der Waals surface area contributed by atoms with E-state index in [2.05, 4.69) is 10.5 Å². The first-order chi connectivity index (χ1) is 15.4. The zero-order chi connectivity index (χ0) is 22.7. The maximum Gasteiger partial charge on any atom is 0.251 e. The molecule has 1 atom stereocenters. The number of carbonyl (C=O) groups excluding carboxylic acids is 2. The molecule has 2 amide bonds. The number of nitrogens with zero attached hydrogens (tertiary/aromatic N) is 2. The molecule has 1 N–H and O–H groups in total. The summed E-state index contributed by atoms with van der Waals surface area (Å²) in [5.74, 6) is 0.277. The predicted octanol–water partition coefficient (Wildman–Crippen LogP) is 4.41. The second kappa shape index (κ2) is 9.34. The zero-order valence-electron chi connectivity index (χ0n) is 18.2. The molecule has 3 aromatic rings. The standard InChI is InChI=1S/C25H26FN3O3/c1-16-23(17(2)32-28-16)15-29-12-11-22(9-10-24(29)30)27-25(31)20-7-3-5-18(13-20)19-6-4-8-21(26)14-19/h3-8,13-14,22H,9-12,15H2,1-2H3,(H,27,31). The summed E-state index contributed by atoms with van der Waals surface area (Å²) < 4.78 is 18.8. The lowest BCUT2D eigenvalue weighted by Crippen LogP contribution is -2.36. The van der Waals surface area contributed by atoms with E-state index in [1.165, 1.54) is 12.1 Å². The molecule has 32 heavy (non-hydrogen) atoms. The summed E-state index contributed by atoms with van der Waals surface area (Å²) in [4.78, 5) is 27.3. The minimum atomic E-state index is -0.318. The van der Waals surface area contributed by atoms with Gasteiger partial charge < -0.3 is 14.7 Å². The van der Waals surface area contributed by atoms with Gasteiger partial charge in [0.1, 0.15) is 11.6 Å². The Balaban J connectivity index is 1.41. The summed E-state index contributed by atoms with van der Waals surface area (Å²) in [6, 6.07) is 13.3. The van der Waals surface area contributed by atoms with Crippen molar-refractivity contribution >= 4 is 11.8 Å². The third-order valence-corrected chi connectivity index (χ3v) is 5.95. The molecule has 0 radical (unpaired) electrons. The summed E-state index contributed by atoms with van der Waals surface area (Å²) in [5, 5.41) is 7.03. The van der Waals surface area contributed by atoms with Crippen LogP contribution in [0.3, 0.4) is 0 Å². The largest absolute Gasteiger partial charge is 0.361 e. The van der Waals surface area contributed by atoms with Crippen molar-refractivity contribution in [2.24, 2.45) is 0 Å². The number of halogens is 1. The highest BCUT2D eigenvalue weighted by atomic mass is 19.1. The third-order valence-electron chi connectivity index (χ3n) is 5.95. The summed E-state index contributed by atoms with van der Waals surface area (Å²) in [6.45, 7) is 4.74. The van der Waals surface area contributed by atoms with Crippen molar-refractivity contribution < 1.29 is 18.5 Å². The Bertz CT molecular complexity index is 1120. The summed E-state index contributed by atoms with van der Waals surface area (Å²) in [7, 11) is 0. The van der Waals surface area contributed by atoms with Crippen molar-refractivity contribution in [3.8, 4) is 11.1 Å². The first-order valence-electron chi connectivity index (χ1n) is 10.8. The SMILES string of the molecule is Cc1noc(C)c1CN1CCC(NC(=O)c2cccc(-c3cccc(F)c3)c2)CCC1=O. The molecule has 0 spiro atoms. The van der Waals surface area contributed by atoms with Gasteiger partial charge in [-0.1, -0.05) is 29.4 Å². The molecular weight excluding hydrogens is 409 g/mol. The predicted molar refractivity (Wildman–Crippen MR) is 118 cm³/mol. The second-order valence-electron chi connectivity index (χ2n) is 8.21. The molecule has 7 heteroatoms. The summed E-state index contributed by atoms with van der Waals surface area (Å²) in [5.41, 5.74) is 3.74. The number of aromatic nitrogens is 1. The molecule has 2 heterocycles. The average Bonchev–Trinajstić information content (AvgIpc) is 3.00. The fourth-order valence-corrected chi connectivity index (χ4v) is 4.04. The monoisotopic (exact) mass is 435 g/mol. The number of aryl methyl sites for hydroxylation is 2. The molecular formula is C25H26FN3O3. The Morgan fingerprint density at radius 3 is 2.62 bits per heavy atom. The maximum atomic E-state index is 13.6. The van der Waals surface area contributed by atoms with Crippen LogP contribution in [-0.2, 0) is 11.3 Å². The number of nitrogens with one attached hydrogen (secondary N) is 1. The minimum absolute atomic E-state index is 0.0647. The Morgan fingerprint density at radius 2 is 1.91 bits per heavy atom. The van der Waals surface area contributed by atoms with E-state index < -0.39 is 0 Å². The van der Waals surface area contributed by atoms with Crippen LogP contribution in [0.25, 0.3) is 11.1 Å². The topological polar surface area (TPSA) is 75.4 Å². The normalized spacial score (nSPS) is 16.7. The van der Waals surface area contributed by atoms with Gasteiger partial charge in [0.25, 0.3) is 5.91 Å². The van der Waals surface area contributed by atoms with E-state index >= 15 is 0 Å². The van der Waals surface area contributed by atoms with Gasteiger partial charge in [-0.2, -0.15) is 0 Å². The van der Waals surface area contributed by atoms with Crippen LogP contribution in [0.5, 0.6) is 0 Å². The van der Waals surface area contributed by atoms with E-state index in [-0.39, 0.29) is 23.7 Å². The first-order valence-corrected chi connectivity index (χ1v) is 10.8. The molecule has 0 bridgehead atoms. The lowest BCUT2D eigenvalue weighted by molar-refractivity contribution is -0.131. The number of likely N-dealkylation sites (tertiary alicyclic amines) is 1. The van der Waals surface area contributed by atoms with Gasteiger partial charge >= 0.3 is 0 Å². The van der Waals surface area contributed by atoms with Gasteiger partial charge in [0, 0.05) is 30.1 Å².